The summed E-state index contributed by atoms with van der Waals surface area (Å²) in [6.07, 6.45) is 4.79. The maximum atomic E-state index is 11.9. The van der Waals surface area contributed by atoms with Crippen molar-refractivity contribution in [2.45, 2.75) is 39.0 Å². The first-order valence-electron chi connectivity index (χ1n) is 8.25. The maximum absolute atomic E-state index is 11.9. The van der Waals surface area contributed by atoms with Crippen LogP contribution < -0.4 is 0 Å². The molecule has 118 valence electrons. The fourth-order valence-corrected chi connectivity index (χ4v) is 2.53. The van der Waals surface area contributed by atoms with Crippen molar-refractivity contribution < 1.29 is 9.53 Å². The molecule has 3 heteroatoms. The Labute approximate surface area is 133 Å². The van der Waals surface area contributed by atoms with Crippen LogP contribution in [0.2, 0.25) is 0 Å². The van der Waals surface area contributed by atoms with Crippen LogP contribution in [-0.2, 0) is 4.74 Å². The van der Waals surface area contributed by atoms with Gasteiger partial charge in [0.2, 0.25) is 0 Å². The number of carbonyl (C=O) groups is 1. The second-order valence-electron chi connectivity index (χ2n) is 5.77. The molecule has 1 aromatic rings. The smallest absolute Gasteiger partial charge is 0.409 e. The summed E-state index contributed by atoms with van der Waals surface area (Å²) in [6.45, 7) is 4.22. The van der Waals surface area contributed by atoms with Crippen LogP contribution >= 0.6 is 0 Å². The Kier molecular flexibility index (Phi) is 6.83. The third-order valence-corrected chi connectivity index (χ3v) is 3.99. The second kappa shape index (κ2) is 9.15. The van der Waals surface area contributed by atoms with Gasteiger partial charge < -0.3 is 9.64 Å². The van der Waals surface area contributed by atoms with Gasteiger partial charge in [-0.2, -0.15) is 0 Å². The van der Waals surface area contributed by atoms with Crippen molar-refractivity contribution >= 4 is 6.09 Å². The zero-order valence-electron chi connectivity index (χ0n) is 13.4. The van der Waals surface area contributed by atoms with Gasteiger partial charge in [-0.05, 0) is 37.3 Å². The van der Waals surface area contributed by atoms with Gasteiger partial charge in [-0.15, -0.1) is 0 Å². The van der Waals surface area contributed by atoms with Crippen LogP contribution in [-0.4, -0.2) is 30.7 Å². The molecule has 0 aromatic heterocycles. The predicted octanol–water partition coefficient (Wildman–Crippen LogP) is 4.08. The van der Waals surface area contributed by atoms with Gasteiger partial charge in [0.15, 0.2) is 0 Å². The van der Waals surface area contributed by atoms with Gasteiger partial charge in [0, 0.05) is 25.1 Å². The van der Waals surface area contributed by atoms with E-state index in [4.69, 9.17) is 4.74 Å². The van der Waals surface area contributed by atoms with Crippen molar-refractivity contribution in [1.29, 1.82) is 0 Å². The molecule has 1 aliphatic rings. The zero-order valence-corrected chi connectivity index (χ0v) is 13.4. The minimum Gasteiger partial charge on any atom is -0.449 e. The van der Waals surface area contributed by atoms with Crippen LogP contribution in [0.25, 0.3) is 0 Å². The molecule has 0 bridgehead atoms. The van der Waals surface area contributed by atoms with E-state index in [0.717, 1.165) is 50.8 Å². The van der Waals surface area contributed by atoms with Crippen molar-refractivity contribution in [2.75, 3.05) is 19.7 Å². The Balaban J connectivity index is 1.69. The highest BCUT2D eigenvalue weighted by atomic mass is 16.6. The largest absolute Gasteiger partial charge is 0.449 e. The van der Waals surface area contributed by atoms with Gasteiger partial charge in [0.05, 0.1) is 6.61 Å². The fourth-order valence-electron chi connectivity index (χ4n) is 2.53. The molecule has 0 N–H and O–H groups in total. The van der Waals surface area contributed by atoms with Gasteiger partial charge in [0.25, 0.3) is 0 Å². The van der Waals surface area contributed by atoms with E-state index in [9.17, 15) is 4.79 Å². The van der Waals surface area contributed by atoms with E-state index >= 15 is 0 Å². The lowest BCUT2D eigenvalue weighted by atomic mass is 9.94. The Morgan fingerprint density at radius 1 is 1.27 bits per heavy atom. The average molecular weight is 299 g/mol. The summed E-state index contributed by atoms with van der Waals surface area (Å²) >= 11 is 0. The Hall–Kier alpha value is -1.95. The minimum atomic E-state index is -0.151. The normalized spacial score (nSPS) is 15.0. The average Bonchev–Trinajstić information content (AvgIpc) is 2.56. The number of ether oxygens (including phenoxy) is 1. The number of likely N-dealkylation sites (tertiary alicyclic amines) is 1. The lowest BCUT2D eigenvalue weighted by molar-refractivity contribution is 0.0871. The molecule has 2 rings (SSSR count). The van der Waals surface area contributed by atoms with E-state index in [1.54, 1.807) is 0 Å². The van der Waals surface area contributed by atoms with Gasteiger partial charge in [0.1, 0.15) is 0 Å². The first-order valence-corrected chi connectivity index (χ1v) is 8.25. The third-order valence-electron chi connectivity index (χ3n) is 3.99. The molecule has 0 aliphatic carbocycles. The molecule has 1 aromatic carbocycles. The lowest BCUT2D eigenvalue weighted by Gasteiger charge is -2.30. The SMILES string of the molecule is CCCCOC(=O)N1CCC(CC#Cc2ccccc2)CC1. The molecule has 0 unspecified atom stereocenters. The highest BCUT2D eigenvalue weighted by Crippen LogP contribution is 2.20. The second-order valence-corrected chi connectivity index (χ2v) is 5.77. The number of rotatable bonds is 4. The van der Waals surface area contributed by atoms with Crippen LogP contribution in [0.3, 0.4) is 0 Å². The maximum Gasteiger partial charge on any atom is 0.409 e. The summed E-state index contributed by atoms with van der Waals surface area (Å²) in [5.74, 6) is 7.07. The lowest BCUT2D eigenvalue weighted by Crippen LogP contribution is -2.38. The molecular weight excluding hydrogens is 274 g/mol. The number of hydrogen-bond donors (Lipinski definition) is 0. The molecule has 22 heavy (non-hydrogen) atoms. The Morgan fingerprint density at radius 2 is 2.00 bits per heavy atom. The number of carbonyl (C=O) groups excluding carboxylic acids is 1. The number of piperidine rings is 1. The predicted molar refractivity (Wildman–Crippen MR) is 88.5 cm³/mol. The molecule has 0 atom stereocenters. The van der Waals surface area contributed by atoms with Gasteiger partial charge in [-0.1, -0.05) is 43.4 Å². The van der Waals surface area contributed by atoms with Crippen molar-refractivity contribution in [3.63, 3.8) is 0 Å². The molecule has 0 radical (unpaired) electrons. The summed E-state index contributed by atoms with van der Waals surface area (Å²) < 4.78 is 5.26. The van der Waals surface area contributed by atoms with E-state index in [0.29, 0.717) is 12.5 Å². The molecule has 1 heterocycles. The quantitative estimate of drug-likeness (QED) is 0.619. The first-order chi connectivity index (χ1) is 10.8. The van der Waals surface area contributed by atoms with Crippen molar-refractivity contribution in [3.8, 4) is 11.8 Å². The topological polar surface area (TPSA) is 29.5 Å². The molecule has 0 spiro atoms. The van der Waals surface area contributed by atoms with Crippen LogP contribution in [0.4, 0.5) is 4.79 Å². The van der Waals surface area contributed by atoms with Crippen LogP contribution in [0, 0.1) is 17.8 Å². The van der Waals surface area contributed by atoms with Crippen molar-refractivity contribution in [3.05, 3.63) is 35.9 Å². The highest BCUT2D eigenvalue weighted by Gasteiger charge is 2.22. The minimum absolute atomic E-state index is 0.151. The molecular formula is C19H25NO2. The molecule has 1 fully saturated rings. The van der Waals surface area contributed by atoms with Gasteiger partial charge in [-0.25, -0.2) is 4.79 Å². The summed E-state index contributed by atoms with van der Waals surface area (Å²) in [5.41, 5.74) is 1.07. The molecule has 1 amide bonds. The molecule has 1 saturated heterocycles. The summed E-state index contributed by atoms with van der Waals surface area (Å²) in [6, 6.07) is 10.1. The molecule has 3 nitrogen and oxygen atoms in total. The first kappa shape index (κ1) is 16.4. The molecule has 1 aliphatic heterocycles. The number of amides is 1. The number of benzene rings is 1. The summed E-state index contributed by atoms with van der Waals surface area (Å²) in [4.78, 5) is 13.7. The standard InChI is InChI=1S/C19H25NO2/c1-2-3-16-22-19(21)20-14-12-18(13-15-20)11-7-10-17-8-5-4-6-9-17/h4-6,8-9,18H,2-3,11-16H2,1H3. The van der Waals surface area contributed by atoms with E-state index < -0.39 is 0 Å². The van der Waals surface area contributed by atoms with Crippen LogP contribution in [0.5, 0.6) is 0 Å². The van der Waals surface area contributed by atoms with Crippen LogP contribution in [0.1, 0.15) is 44.6 Å². The fraction of sp³-hybridized carbons (Fsp3) is 0.526. The number of hydrogen-bond acceptors (Lipinski definition) is 2. The highest BCUT2D eigenvalue weighted by molar-refractivity contribution is 5.67. The Morgan fingerprint density at radius 3 is 2.68 bits per heavy atom. The molecule has 0 saturated carbocycles. The van der Waals surface area contributed by atoms with Crippen LogP contribution in [0.15, 0.2) is 30.3 Å². The van der Waals surface area contributed by atoms with Gasteiger partial charge >= 0.3 is 6.09 Å². The third kappa shape index (κ3) is 5.44. The van der Waals surface area contributed by atoms with E-state index in [1.807, 2.05) is 35.2 Å². The Bertz CT molecular complexity index is 507. The zero-order chi connectivity index (χ0) is 15.6. The van der Waals surface area contributed by atoms with Crippen molar-refractivity contribution in [2.24, 2.45) is 5.92 Å². The van der Waals surface area contributed by atoms with Crippen molar-refractivity contribution in [1.82, 2.24) is 4.90 Å². The number of nitrogens with zero attached hydrogens (tertiary/aromatic N) is 1. The monoisotopic (exact) mass is 299 g/mol. The number of unbranched alkanes of at least 4 members (excludes halogenated alkanes) is 1. The summed E-state index contributed by atoms with van der Waals surface area (Å²) in [7, 11) is 0. The van der Waals surface area contributed by atoms with E-state index in [-0.39, 0.29) is 6.09 Å². The van der Waals surface area contributed by atoms with Gasteiger partial charge in [-0.3, -0.25) is 0 Å². The van der Waals surface area contributed by atoms with E-state index in [1.165, 1.54) is 0 Å². The van der Waals surface area contributed by atoms with E-state index in [2.05, 4.69) is 18.8 Å². The summed E-state index contributed by atoms with van der Waals surface area (Å²) in [5, 5.41) is 0.